The van der Waals surface area contributed by atoms with Gasteiger partial charge in [0.15, 0.2) is 0 Å². The first-order chi connectivity index (χ1) is 9.19. The second kappa shape index (κ2) is 6.38. The Morgan fingerprint density at radius 1 is 1.21 bits per heavy atom. The van der Waals surface area contributed by atoms with Crippen molar-refractivity contribution in [3.8, 4) is 0 Å². The largest absolute Gasteiger partial charge is 0.316 e. The van der Waals surface area contributed by atoms with Crippen LogP contribution in [0.25, 0.3) is 0 Å². The lowest BCUT2D eigenvalue weighted by molar-refractivity contribution is 0.524. The SMILES string of the molecule is CNC(Cc1cccnc1)Cc1ccc(F)cc1F. The van der Waals surface area contributed by atoms with Crippen LogP contribution in [-0.2, 0) is 12.8 Å². The van der Waals surface area contributed by atoms with Crippen molar-refractivity contribution in [2.45, 2.75) is 18.9 Å². The van der Waals surface area contributed by atoms with Gasteiger partial charge in [-0.15, -0.1) is 0 Å². The minimum absolute atomic E-state index is 0.0872. The van der Waals surface area contributed by atoms with Gasteiger partial charge in [-0.05, 0) is 43.1 Å². The number of nitrogens with one attached hydrogen (secondary N) is 1. The lowest BCUT2D eigenvalue weighted by Crippen LogP contribution is -2.30. The lowest BCUT2D eigenvalue weighted by Gasteiger charge is -2.16. The molecule has 0 saturated carbocycles. The second-order valence-electron chi connectivity index (χ2n) is 4.49. The Bertz CT molecular complexity index is 529. The molecule has 1 aromatic heterocycles. The number of benzene rings is 1. The predicted molar refractivity (Wildman–Crippen MR) is 70.9 cm³/mol. The van der Waals surface area contributed by atoms with Crippen molar-refractivity contribution in [2.75, 3.05) is 7.05 Å². The number of hydrogen-bond donors (Lipinski definition) is 1. The van der Waals surface area contributed by atoms with Crippen molar-refractivity contribution in [1.29, 1.82) is 0 Å². The highest BCUT2D eigenvalue weighted by atomic mass is 19.1. The van der Waals surface area contributed by atoms with Crippen LogP contribution in [0.4, 0.5) is 8.78 Å². The maximum atomic E-state index is 13.6. The fourth-order valence-electron chi connectivity index (χ4n) is 2.03. The van der Waals surface area contributed by atoms with Gasteiger partial charge in [-0.3, -0.25) is 4.98 Å². The normalized spacial score (nSPS) is 12.4. The van der Waals surface area contributed by atoms with Crippen LogP contribution >= 0.6 is 0 Å². The van der Waals surface area contributed by atoms with Crippen LogP contribution in [-0.4, -0.2) is 18.1 Å². The molecule has 1 heterocycles. The van der Waals surface area contributed by atoms with E-state index in [-0.39, 0.29) is 6.04 Å². The van der Waals surface area contributed by atoms with E-state index in [0.29, 0.717) is 12.0 Å². The fourth-order valence-corrected chi connectivity index (χ4v) is 2.03. The predicted octanol–water partition coefficient (Wildman–Crippen LogP) is 2.73. The first kappa shape index (κ1) is 13.6. The number of pyridine rings is 1. The summed E-state index contributed by atoms with van der Waals surface area (Å²) < 4.78 is 26.5. The Kier molecular flexibility index (Phi) is 4.58. The molecule has 2 aromatic rings. The number of nitrogens with zero attached hydrogens (tertiary/aromatic N) is 1. The minimum atomic E-state index is -0.547. The quantitative estimate of drug-likeness (QED) is 0.896. The van der Waals surface area contributed by atoms with Gasteiger partial charge in [0.25, 0.3) is 0 Å². The first-order valence-electron chi connectivity index (χ1n) is 6.19. The molecule has 0 amide bonds. The highest BCUT2D eigenvalue weighted by Gasteiger charge is 2.12. The summed E-state index contributed by atoms with van der Waals surface area (Å²) in [5, 5.41) is 3.15. The third-order valence-electron chi connectivity index (χ3n) is 3.09. The first-order valence-corrected chi connectivity index (χ1v) is 6.19. The standard InChI is InChI=1S/C15H16F2N2/c1-18-14(7-11-3-2-6-19-10-11)8-12-4-5-13(16)9-15(12)17/h2-6,9-10,14,18H,7-8H2,1H3. The third-order valence-corrected chi connectivity index (χ3v) is 3.09. The summed E-state index contributed by atoms with van der Waals surface area (Å²) in [7, 11) is 1.84. The molecule has 0 bridgehead atoms. The molecule has 0 aliphatic rings. The molecular formula is C15H16F2N2. The van der Waals surface area contributed by atoms with E-state index in [1.807, 2.05) is 19.2 Å². The van der Waals surface area contributed by atoms with Gasteiger partial charge >= 0.3 is 0 Å². The molecule has 1 aromatic carbocycles. The van der Waals surface area contributed by atoms with E-state index < -0.39 is 11.6 Å². The van der Waals surface area contributed by atoms with E-state index in [2.05, 4.69) is 10.3 Å². The third kappa shape index (κ3) is 3.83. The number of rotatable bonds is 5. The zero-order valence-electron chi connectivity index (χ0n) is 10.7. The molecule has 2 rings (SSSR count). The molecule has 1 N–H and O–H groups in total. The van der Waals surface area contributed by atoms with Gasteiger partial charge in [-0.1, -0.05) is 12.1 Å². The van der Waals surface area contributed by atoms with E-state index in [4.69, 9.17) is 0 Å². The van der Waals surface area contributed by atoms with Gasteiger partial charge in [0.05, 0.1) is 0 Å². The van der Waals surface area contributed by atoms with Crippen molar-refractivity contribution in [2.24, 2.45) is 0 Å². The summed E-state index contributed by atoms with van der Waals surface area (Å²) in [6.07, 6.45) is 4.78. The molecule has 0 aliphatic heterocycles. The Hall–Kier alpha value is -1.81. The monoisotopic (exact) mass is 262 g/mol. The zero-order valence-corrected chi connectivity index (χ0v) is 10.7. The molecule has 0 spiro atoms. The van der Waals surface area contributed by atoms with E-state index in [9.17, 15) is 8.78 Å². The summed E-state index contributed by atoms with van der Waals surface area (Å²) in [4.78, 5) is 4.06. The van der Waals surface area contributed by atoms with Gasteiger partial charge in [0.2, 0.25) is 0 Å². The molecule has 100 valence electrons. The van der Waals surface area contributed by atoms with Gasteiger partial charge in [0.1, 0.15) is 11.6 Å². The van der Waals surface area contributed by atoms with Crippen LogP contribution in [0.15, 0.2) is 42.7 Å². The highest BCUT2D eigenvalue weighted by molar-refractivity contribution is 5.20. The average molecular weight is 262 g/mol. The van der Waals surface area contributed by atoms with Gasteiger partial charge in [-0.2, -0.15) is 0 Å². The van der Waals surface area contributed by atoms with Crippen molar-refractivity contribution in [3.05, 3.63) is 65.5 Å². The summed E-state index contributed by atoms with van der Waals surface area (Å²) in [6.45, 7) is 0. The maximum Gasteiger partial charge on any atom is 0.129 e. The molecule has 0 saturated heterocycles. The van der Waals surface area contributed by atoms with Crippen LogP contribution < -0.4 is 5.32 Å². The van der Waals surface area contributed by atoms with Crippen molar-refractivity contribution in [1.82, 2.24) is 10.3 Å². The van der Waals surface area contributed by atoms with Crippen LogP contribution in [0.1, 0.15) is 11.1 Å². The Balaban J connectivity index is 2.06. The average Bonchev–Trinajstić information content (AvgIpc) is 2.42. The van der Waals surface area contributed by atoms with Crippen LogP contribution in [0.5, 0.6) is 0 Å². The Labute approximate surface area is 111 Å². The number of likely N-dealkylation sites (N-methyl/N-ethyl adjacent to an activating group) is 1. The molecule has 4 heteroatoms. The molecule has 0 aliphatic carbocycles. The number of halogens is 2. The van der Waals surface area contributed by atoms with Gasteiger partial charge in [0, 0.05) is 24.5 Å². The van der Waals surface area contributed by atoms with E-state index >= 15 is 0 Å². The van der Waals surface area contributed by atoms with E-state index in [1.54, 1.807) is 12.4 Å². The maximum absolute atomic E-state index is 13.6. The molecule has 2 nitrogen and oxygen atoms in total. The summed E-state index contributed by atoms with van der Waals surface area (Å²) in [6, 6.07) is 7.66. The molecule has 1 unspecified atom stereocenters. The minimum Gasteiger partial charge on any atom is -0.316 e. The Morgan fingerprint density at radius 3 is 2.68 bits per heavy atom. The molecular weight excluding hydrogens is 246 g/mol. The van der Waals surface area contributed by atoms with Crippen molar-refractivity contribution >= 4 is 0 Å². The van der Waals surface area contributed by atoms with Crippen molar-refractivity contribution in [3.63, 3.8) is 0 Å². The van der Waals surface area contributed by atoms with E-state index in [0.717, 1.165) is 18.1 Å². The molecule has 1 atom stereocenters. The molecule has 0 radical (unpaired) electrons. The van der Waals surface area contributed by atoms with Crippen molar-refractivity contribution < 1.29 is 8.78 Å². The topological polar surface area (TPSA) is 24.9 Å². The van der Waals surface area contributed by atoms with Gasteiger partial charge < -0.3 is 5.32 Å². The van der Waals surface area contributed by atoms with E-state index in [1.165, 1.54) is 12.1 Å². The van der Waals surface area contributed by atoms with Crippen LogP contribution in [0, 0.1) is 11.6 Å². The lowest BCUT2D eigenvalue weighted by atomic mass is 9.99. The van der Waals surface area contributed by atoms with Crippen LogP contribution in [0.3, 0.4) is 0 Å². The Morgan fingerprint density at radius 2 is 2.05 bits per heavy atom. The summed E-state index contributed by atoms with van der Waals surface area (Å²) >= 11 is 0. The zero-order chi connectivity index (χ0) is 13.7. The number of aromatic nitrogens is 1. The van der Waals surface area contributed by atoms with Crippen LogP contribution in [0.2, 0.25) is 0 Å². The van der Waals surface area contributed by atoms with Gasteiger partial charge in [-0.25, -0.2) is 8.78 Å². The highest BCUT2D eigenvalue weighted by Crippen LogP contribution is 2.13. The number of hydrogen-bond acceptors (Lipinski definition) is 2. The smallest absolute Gasteiger partial charge is 0.129 e. The fraction of sp³-hybridized carbons (Fsp3) is 0.267. The molecule has 19 heavy (non-hydrogen) atoms. The molecule has 0 fully saturated rings. The summed E-state index contributed by atoms with van der Waals surface area (Å²) in [5.41, 5.74) is 1.61. The summed E-state index contributed by atoms with van der Waals surface area (Å²) in [5.74, 6) is -1.04. The second-order valence-corrected chi connectivity index (χ2v) is 4.49.